The van der Waals surface area contributed by atoms with Crippen LogP contribution in [0.1, 0.15) is 19.8 Å². The van der Waals surface area contributed by atoms with E-state index in [2.05, 4.69) is 11.9 Å². The van der Waals surface area contributed by atoms with Gasteiger partial charge in [0.1, 0.15) is 5.82 Å². The maximum Gasteiger partial charge on any atom is 0.150 e. The molecule has 1 N–H and O–H groups in total. The summed E-state index contributed by atoms with van der Waals surface area (Å²) < 4.78 is 26.2. The van der Waals surface area contributed by atoms with Gasteiger partial charge in [0.2, 0.25) is 0 Å². The Morgan fingerprint density at radius 2 is 2.19 bits per heavy atom. The zero-order valence-corrected chi connectivity index (χ0v) is 9.82. The summed E-state index contributed by atoms with van der Waals surface area (Å²) in [5, 5.41) is 2.98. The smallest absolute Gasteiger partial charge is 0.150 e. The number of hydrogen-bond donors (Lipinski definition) is 1. The van der Waals surface area contributed by atoms with Gasteiger partial charge in [0.05, 0.1) is 10.7 Å². The van der Waals surface area contributed by atoms with Gasteiger partial charge in [-0.2, -0.15) is 0 Å². The fourth-order valence-corrected chi connectivity index (χ4v) is 1.62. The van der Waals surface area contributed by atoms with Gasteiger partial charge >= 0.3 is 0 Å². The Morgan fingerprint density at radius 1 is 1.50 bits per heavy atom. The van der Waals surface area contributed by atoms with E-state index in [4.69, 9.17) is 11.6 Å². The molecule has 1 atom stereocenters. The standard InChI is InChI=1S/C12H14ClF2N/c1-3-4-5-8(2)16-12-10(13)6-9(14)7-11(12)15/h3,6-8,16H,1,4-5H2,2H3. The van der Waals surface area contributed by atoms with Crippen molar-refractivity contribution in [3.63, 3.8) is 0 Å². The largest absolute Gasteiger partial charge is 0.379 e. The van der Waals surface area contributed by atoms with Crippen molar-refractivity contribution < 1.29 is 8.78 Å². The van der Waals surface area contributed by atoms with E-state index in [1.165, 1.54) is 0 Å². The molecule has 4 heteroatoms. The first-order valence-corrected chi connectivity index (χ1v) is 5.44. The van der Waals surface area contributed by atoms with E-state index in [1.54, 1.807) is 6.08 Å². The second-order valence-electron chi connectivity index (χ2n) is 3.66. The second-order valence-corrected chi connectivity index (χ2v) is 4.06. The number of allylic oxidation sites excluding steroid dienone is 1. The fourth-order valence-electron chi connectivity index (χ4n) is 1.37. The number of rotatable bonds is 5. The van der Waals surface area contributed by atoms with E-state index in [0.717, 1.165) is 25.0 Å². The molecule has 0 aliphatic rings. The van der Waals surface area contributed by atoms with Crippen molar-refractivity contribution in [2.45, 2.75) is 25.8 Å². The third-order valence-corrected chi connectivity index (χ3v) is 2.50. The SMILES string of the molecule is C=CCCC(C)Nc1c(F)cc(F)cc1Cl. The Balaban J connectivity index is 2.76. The molecule has 0 aromatic heterocycles. The van der Waals surface area contributed by atoms with E-state index in [1.807, 2.05) is 6.92 Å². The Kier molecular flexibility index (Phi) is 4.74. The molecule has 0 bridgehead atoms. The molecule has 0 radical (unpaired) electrons. The molecule has 1 unspecified atom stereocenters. The molecule has 88 valence electrons. The summed E-state index contributed by atoms with van der Waals surface area (Å²) in [6.07, 6.45) is 3.44. The predicted molar refractivity (Wildman–Crippen MR) is 63.9 cm³/mol. The summed E-state index contributed by atoms with van der Waals surface area (Å²) in [5.74, 6) is -1.35. The van der Waals surface area contributed by atoms with Gasteiger partial charge < -0.3 is 5.32 Å². The Bertz CT molecular complexity index is 356. The summed E-state index contributed by atoms with van der Waals surface area (Å²) in [5.41, 5.74) is 0.152. The van der Waals surface area contributed by atoms with Gasteiger partial charge in [-0.15, -0.1) is 6.58 Å². The third kappa shape index (κ3) is 3.49. The molecule has 16 heavy (non-hydrogen) atoms. The van der Waals surface area contributed by atoms with Crippen LogP contribution in [-0.4, -0.2) is 6.04 Å². The number of halogens is 3. The van der Waals surface area contributed by atoms with Gasteiger partial charge in [0, 0.05) is 12.1 Å². The van der Waals surface area contributed by atoms with E-state index in [9.17, 15) is 8.78 Å². The second kappa shape index (κ2) is 5.85. The van der Waals surface area contributed by atoms with E-state index < -0.39 is 11.6 Å². The summed E-state index contributed by atoms with van der Waals surface area (Å²) in [7, 11) is 0. The molecule has 0 saturated heterocycles. The highest BCUT2D eigenvalue weighted by Gasteiger charge is 2.11. The number of anilines is 1. The van der Waals surface area contributed by atoms with Crippen LogP contribution in [0.2, 0.25) is 5.02 Å². The zero-order valence-electron chi connectivity index (χ0n) is 9.06. The highest BCUT2D eigenvalue weighted by molar-refractivity contribution is 6.33. The number of nitrogens with one attached hydrogen (secondary N) is 1. The van der Waals surface area contributed by atoms with Crippen LogP contribution in [0.5, 0.6) is 0 Å². The first-order chi connectivity index (χ1) is 7.54. The van der Waals surface area contributed by atoms with Gasteiger partial charge in [-0.1, -0.05) is 17.7 Å². The lowest BCUT2D eigenvalue weighted by molar-refractivity contribution is 0.582. The maximum absolute atomic E-state index is 13.4. The molecule has 0 heterocycles. The molecular formula is C12H14ClF2N. The van der Waals surface area contributed by atoms with Crippen LogP contribution in [0.15, 0.2) is 24.8 Å². The number of benzene rings is 1. The average Bonchev–Trinajstić information content (AvgIpc) is 2.20. The molecular weight excluding hydrogens is 232 g/mol. The van der Waals surface area contributed by atoms with E-state index >= 15 is 0 Å². The quantitative estimate of drug-likeness (QED) is 0.759. The van der Waals surface area contributed by atoms with Gasteiger partial charge in [-0.3, -0.25) is 0 Å². The van der Waals surface area contributed by atoms with Crippen LogP contribution in [0.3, 0.4) is 0 Å². The average molecular weight is 246 g/mol. The van der Waals surface area contributed by atoms with Crippen molar-refractivity contribution in [1.82, 2.24) is 0 Å². The van der Waals surface area contributed by atoms with Gasteiger partial charge in [0.15, 0.2) is 5.82 Å². The highest BCUT2D eigenvalue weighted by atomic mass is 35.5. The lowest BCUT2D eigenvalue weighted by Gasteiger charge is -2.16. The fraction of sp³-hybridized carbons (Fsp3) is 0.333. The summed E-state index contributed by atoms with van der Waals surface area (Å²) >= 11 is 5.75. The first kappa shape index (κ1) is 13.0. The van der Waals surface area contributed by atoms with Crippen molar-refractivity contribution in [1.29, 1.82) is 0 Å². The van der Waals surface area contributed by atoms with Crippen molar-refractivity contribution in [2.24, 2.45) is 0 Å². The minimum Gasteiger partial charge on any atom is -0.379 e. The molecule has 0 spiro atoms. The van der Waals surface area contributed by atoms with E-state index in [-0.39, 0.29) is 16.8 Å². The summed E-state index contributed by atoms with van der Waals surface area (Å²) in [6.45, 7) is 5.51. The van der Waals surface area contributed by atoms with Crippen LogP contribution in [0.25, 0.3) is 0 Å². The highest BCUT2D eigenvalue weighted by Crippen LogP contribution is 2.27. The number of hydrogen-bond acceptors (Lipinski definition) is 1. The zero-order chi connectivity index (χ0) is 12.1. The Hall–Kier alpha value is -1.09. The summed E-state index contributed by atoms with van der Waals surface area (Å²) in [6, 6.07) is 1.96. The molecule has 1 aromatic carbocycles. The molecule has 0 fully saturated rings. The monoisotopic (exact) mass is 245 g/mol. The van der Waals surface area contributed by atoms with Crippen molar-refractivity contribution >= 4 is 17.3 Å². The lowest BCUT2D eigenvalue weighted by atomic mass is 10.1. The van der Waals surface area contributed by atoms with Crippen molar-refractivity contribution in [3.05, 3.63) is 41.4 Å². The molecule has 0 aliphatic heterocycles. The van der Waals surface area contributed by atoms with Crippen LogP contribution < -0.4 is 5.32 Å². The van der Waals surface area contributed by atoms with E-state index in [0.29, 0.717) is 0 Å². The Morgan fingerprint density at radius 3 is 2.75 bits per heavy atom. The molecule has 1 rings (SSSR count). The topological polar surface area (TPSA) is 12.0 Å². The molecule has 1 aromatic rings. The first-order valence-electron chi connectivity index (χ1n) is 5.06. The molecule has 0 aliphatic carbocycles. The predicted octanol–water partition coefficient (Wildman–Crippen LogP) is 4.38. The van der Waals surface area contributed by atoms with Gasteiger partial charge in [0.25, 0.3) is 0 Å². The molecule has 0 saturated carbocycles. The lowest BCUT2D eigenvalue weighted by Crippen LogP contribution is -2.16. The minimum absolute atomic E-state index is 0.0514. The molecule has 1 nitrogen and oxygen atoms in total. The van der Waals surface area contributed by atoms with Crippen LogP contribution in [0, 0.1) is 11.6 Å². The van der Waals surface area contributed by atoms with Crippen LogP contribution >= 0.6 is 11.6 Å². The molecule has 0 amide bonds. The third-order valence-electron chi connectivity index (χ3n) is 2.20. The van der Waals surface area contributed by atoms with Crippen LogP contribution in [-0.2, 0) is 0 Å². The van der Waals surface area contributed by atoms with Crippen LogP contribution in [0.4, 0.5) is 14.5 Å². The van der Waals surface area contributed by atoms with Crippen molar-refractivity contribution in [3.8, 4) is 0 Å². The normalized spacial score (nSPS) is 12.2. The van der Waals surface area contributed by atoms with Gasteiger partial charge in [-0.05, 0) is 25.8 Å². The minimum atomic E-state index is -0.674. The van der Waals surface area contributed by atoms with Crippen molar-refractivity contribution in [2.75, 3.05) is 5.32 Å². The maximum atomic E-state index is 13.4. The Labute approximate surface area is 99.1 Å². The summed E-state index contributed by atoms with van der Waals surface area (Å²) in [4.78, 5) is 0. The van der Waals surface area contributed by atoms with Gasteiger partial charge in [-0.25, -0.2) is 8.78 Å².